The van der Waals surface area contributed by atoms with Crippen molar-refractivity contribution in [3.05, 3.63) is 53.6 Å². The van der Waals surface area contributed by atoms with Crippen LogP contribution in [0.15, 0.2) is 47.4 Å². The highest BCUT2D eigenvalue weighted by atomic mass is 32.2. The van der Waals surface area contributed by atoms with Crippen LogP contribution >= 0.6 is 0 Å². The number of aromatic hydroxyl groups is 1. The zero-order valence-corrected chi connectivity index (χ0v) is 14.0. The second-order valence-electron chi connectivity index (χ2n) is 5.82. The Kier molecular flexibility index (Phi) is 4.31. The highest BCUT2D eigenvalue weighted by Crippen LogP contribution is 2.28. The first-order chi connectivity index (χ1) is 11.0. The molecule has 1 N–H and O–H groups in total. The Hall–Kier alpha value is -2.01. The summed E-state index contributed by atoms with van der Waals surface area (Å²) >= 11 is 0. The number of hydrogen-bond donors (Lipinski definition) is 1. The third-order valence-electron chi connectivity index (χ3n) is 4.33. The Morgan fingerprint density at radius 3 is 2.30 bits per heavy atom. The van der Waals surface area contributed by atoms with Crippen LogP contribution in [0, 0.1) is 0 Å². The van der Waals surface area contributed by atoms with Crippen molar-refractivity contribution in [2.24, 2.45) is 0 Å². The number of phenolic OH excluding ortho intramolecular Hbond substituents is 1. The average Bonchev–Trinajstić information content (AvgIpc) is 2.56. The fraction of sp³-hybridized carbons (Fsp3) is 0.333. The number of fused-ring (bicyclic) bond motifs is 1. The van der Waals surface area contributed by atoms with Crippen LogP contribution in [-0.4, -0.2) is 20.1 Å². The topological polar surface area (TPSA) is 57.6 Å². The molecule has 0 fully saturated rings. The molecule has 23 heavy (non-hydrogen) atoms. The molecule has 0 saturated heterocycles. The predicted molar refractivity (Wildman–Crippen MR) is 91.4 cm³/mol. The molecule has 0 atom stereocenters. The van der Waals surface area contributed by atoms with Gasteiger partial charge in [-0.05, 0) is 80.1 Å². The third kappa shape index (κ3) is 3.06. The Morgan fingerprint density at radius 2 is 1.65 bits per heavy atom. The molecular formula is C18H21NO3S. The molecule has 0 amide bonds. The quantitative estimate of drug-likeness (QED) is 0.933. The molecule has 5 heteroatoms. The predicted octanol–water partition coefficient (Wildman–Crippen LogP) is 3.49. The van der Waals surface area contributed by atoms with Crippen molar-refractivity contribution in [2.75, 3.05) is 10.8 Å². The maximum absolute atomic E-state index is 13.0. The Balaban J connectivity index is 2.00. The van der Waals surface area contributed by atoms with E-state index in [4.69, 9.17) is 0 Å². The van der Waals surface area contributed by atoms with E-state index in [0.29, 0.717) is 17.1 Å². The minimum atomic E-state index is -3.60. The van der Waals surface area contributed by atoms with Gasteiger partial charge in [-0.25, -0.2) is 8.42 Å². The Labute approximate surface area is 137 Å². The number of nitrogens with zero attached hydrogens (tertiary/aromatic N) is 1. The molecule has 4 nitrogen and oxygen atoms in total. The van der Waals surface area contributed by atoms with E-state index in [1.165, 1.54) is 28.4 Å². The van der Waals surface area contributed by atoms with Crippen molar-refractivity contribution in [1.82, 2.24) is 0 Å². The van der Waals surface area contributed by atoms with E-state index in [1.807, 2.05) is 19.1 Å². The van der Waals surface area contributed by atoms with Crippen molar-refractivity contribution in [1.29, 1.82) is 0 Å². The molecule has 1 aliphatic carbocycles. The number of sulfonamides is 1. The van der Waals surface area contributed by atoms with Gasteiger partial charge in [0.05, 0.1) is 10.6 Å². The van der Waals surface area contributed by atoms with Crippen LogP contribution in [0.25, 0.3) is 0 Å². The standard InChI is InChI=1S/C18H21NO3S/c1-2-19(16-8-10-17(20)11-9-16)23(21,22)18-12-7-14-5-3-4-6-15(14)13-18/h7-13,20H,2-6H2,1H3. The molecule has 122 valence electrons. The summed E-state index contributed by atoms with van der Waals surface area (Å²) in [5.41, 5.74) is 2.98. The normalized spacial score (nSPS) is 14.3. The van der Waals surface area contributed by atoms with Crippen molar-refractivity contribution in [3.63, 3.8) is 0 Å². The molecule has 0 aromatic heterocycles. The summed E-state index contributed by atoms with van der Waals surface area (Å²) < 4.78 is 27.4. The average molecular weight is 331 g/mol. The molecule has 2 aromatic rings. The van der Waals surface area contributed by atoms with Crippen LogP contribution in [0.3, 0.4) is 0 Å². The molecular weight excluding hydrogens is 310 g/mol. The summed E-state index contributed by atoms with van der Waals surface area (Å²) in [5, 5.41) is 9.40. The highest BCUT2D eigenvalue weighted by Gasteiger charge is 2.25. The lowest BCUT2D eigenvalue weighted by Crippen LogP contribution is -2.30. The van der Waals surface area contributed by atoms with Gasteiger partial charge in [-0.3, -0.25) is 4.31 Å². The summed E-state index contributed by atoms with van der Waals surface area (Å²) in [4.78, 5) is 0.341. The van der Waals surface area contributed by atoms with Gasteiger partial charge in [0.25, 0.3) is 10.0 Å². The monoisotopic (exact) mass is 331 g/mol. The van der Waals surface area contributed by atoms with Gasteiger partial charge in [-0.15, -0.1) is 0 Å². The number of phenols is 1. The summed E-state index contributed by atoms with van der Waals surface area (Å²) in [5.74, 6) is 0.121. The van der Waals surface area contributed by atoms with Crippen LogP contribution in [0.5, 0.6) is 5.75 Å². The summed E-state index contributed by atoms with van der Waals surface area (Å²) in [6.07, 6.45) is 4.27. The van der Waals surface area contributed by atoms with Crippen LogP contribution < -0.4 is 4.31 Å². The maximum Gasteiger partial charge on any atom is 0.264 e. The van der Waals surface area contributed by atoms with Gasteiger partial charge in [0, 0.05) is 6.54 Å². The lowest BCUT2D eigenvalue weighted by molar-refractivity contribution is 0.475. The van der Waals surface area contributed by atoms with Gasteiger partial charge in [-0.2, -0.15) is 0 Å². The molecule has 0 aliphatic heterocycles. The molecule has 0 spiro atoms. The van der Waals surface area contributed by atoms with E-state index in [-0.39, 0.29) is 5.75 Å². The zero-order valence-electron chi connectivity index (χ0n) is 13.2. The number of aryl methyl sites for hydroxylation is 2. The molecule has 0 bridgehead atoms. The van der Waals surface area contributed by atoms with Gasteiger partial charge in [0.2, 0.25) is 0 Å². The molecule has 3 rings (SSSR count). The molecule has 0 unspecified atom stereocenters. The van der Waals surface area contributed by atoms with E-state index in [0.717, 1.165) is 24.8 Å². The first-order valence-corrected chi connectivity index (χ1v) is 9.40. The van der Waals surface area contributed by atoms with Crippen molar-refractivity contribution >= 4 is 15.7 Å². The molecule has 0 saturated carbocycles. The van der Waals surface area contributed by atoms with Crippen LogP contribution in [-0.2, 0) is 22.9 Å². The number of rotatable bonds is 4. The first-order valence-electron chi connectivity index (χ1n) is 7.96. The van der Waals surface area contributed by atoms with Crippen molar-refractivity contribution in [3.8, 4) is 5.75 Å². The van der Waals surface area contributed by atoms with Crippen molar-refractivity contribution < 1.29 is 13.5 Å². The Bertz CT molecular complexity index is 798. The van der Waals surface area contributed by atoms with E-state index < -0.39 is 10.0 Å². The van der Waals surface area contributed by atoms with Gasteiger partial charge in [0.15, 0.2) is 0 Å². The Morgan fingerprint density at radius 1 is 1.00 bits per heavy atom. The van der Waals surface area contributed by atoms with Gasteiger partial charge < -0.3 is 5.11 Å². The van der Waals surface area contributed by atoms with Gasteiger partial charge >= 0.3 is 0 Å². The minimum absolute atomic E-state index is 0.121. The fourth-order valence-corrected chi connectivity index (χ4v) is 4.63. The molecule has 0 radical (unpaired) electrons. The number of anilines is 1. The highest BCUT2D eigenvalue weighted by molar-refractivity contribution is 7.92. The molecule has 1 aliphatic rings. The smallest absolute Gasteiger partial charge is 0.264 e. The minimum Gasteiger partial charge on any atom is -0.508 e. The van der Waals surface area contributed by atoms with Crippen LogP contribution in [0.1, 0.15) is 30.9 Å². The molecule has 0 heterocycles. The molecule has 2 aromatic carbocycles. The van der Waals surface area contributed by atoms with E-state index >= 15 is 0 Å². The van der Waals surface area contributed by atoms with Gasteiger partial charge in [-0.1, -0.05) is 6.07 Å². The summed E-state index contributed by atoms with van der Waals surface area (Å²) in [6, 6.07) is 11.7. The maximum atomic E-state index is 13.0. The second kappa shape index (κ2) is 6.24. The lowest BCUT2D eigenvalue weighted by atomic mass is 9.92. The second-order valence-corrected chi connectivity index (χ2v) is 7.69. The van der Waals surface area contributed by atoms with Gasteiger partial charge in [0.1, 0.15) is 5.75 Å². The summed E-state index contributed by atoms with van der Waals surface area (Å²) in [7, 11) is -3.60. The van der Waals surface area contributed by atoms with Crippen molar-refractivity contribution in [2.45, 2.75) is 37.5 Å². The first kappa shape index (κ1) is 15.9. The third-order valence-corrected chi connectivity index (χ3v) is 6.23. The van der Waals surface area contributed by atoms with E-state index in [9.17, 15) is 13.5 Å². The van der Waals surface area contributed by atoms with Crippen LogP contribution in [0.2, 0.25) is 0 Å². The lowest BCUT2D eigenvalue weighted by Gasteiger charge is -2.24. The SMILES string of the molecule is CCN(c1ccc(O)cc1)S(=O)(=O)c1ccc2c(c1)CCCC2. The zero-order chi connectivity index (χ0) is 16.4. The number of hydrogen-bond acceptors (Lipinski definition) is 3. The largest absolute Gasteiger partial charge is 0.508 e. The fourth-order valence-electron chi connectivity index (χ4n) is 3.11. The van der Waals surface area contributed by atoms with E-state index in [1.54, 1.807) is 18.2 Å². The summed E-state index contributed by atoms with van der Waals surface area (Å²) in [6.45, 7) is 2.15. The van der Waals surface area contributed by atoms with Crippen LogP contribution in [0.4, 0.5) is 5.69 Å². The van der Waals surface area contributed by atoms with E-state index in [2.05, 4.69) is 0 Å². The number of benzene rings is 2.